The Bertz CT molecular complexity index is 813. The number of nitrogens with zero attached hydrogens (tertiary/aromatic N) is 2. The summed E-state index contributed by atoms with van der Waals surface area (Å²) in [5, 5.41) is 12.6. The highest BCUT2D eigenvalue weighted by Crippen LogP contribution is 2.20. The summed E-state index contributed by atoms with van der Waals surface area (Å²) in [7, 11) is -2.08. The highest BCUT2D eigenvalue weighted by atomic mass is 32.2. The van der Waals surface area contributed by atoms with E-state index in [0.717, 1.165) is 5.56 Å². The third kappa shape index (κ3) is 3.62. The first-order chi connectivity index (χ1) is 9.92. The number of hydrogen-bond acceptors (Lipinski definition) is 4. The fourth-order valence-corrected chi connectivity index (χ4v) is 2.78. The molecule has 1 aromatic carbocycles. The molecule has 0 saturated heterocycles. The number of hydrogen-bond donors (Lipinski definition) is 2. The van der Waals surface area contributed by atoms with Crippen molar-refractivity contribution < 1.29 is 13.5 Å². The SMILES string of the molecule is Cc1ccc(C#CCO)c(NS(=O)(=O)c2cnn(C)c2)c1. The standard InChI is InChI=1S/C14H15N3O3S/c1-11-5-6-12(4-3-7-18)14(8-11)16-21(19,20)13-9-15-17(2)10-13/h5-6,8-10,16,18H,7H2,1-2H3. The van der Waals surface area contributed by atoms with E-state index in [1.54, 1.807) is 19.2 Å². The van der Waals surface area contributed by atoms with Crippen molar-refractivity contribution in [1.29, 1.82) is 0 Å². The first-order valence-electron chi connectivity index (χ1n) is 6.14. The van der Waals surface area contributed by atoms with Gasteiger partial charge >= 0.3 is 0 Å². The van der Waals surface area contributed by atoms with Gasteiger partial charge in [-0.2, -0.15) is 5.10 Å². The molecule has 1 aromatic heterocycles. The molecule has 6 nitrogen and oxygen atoms in total. The molecule has 2 rings (SSSR count). The molecular weight excluding hydrogens is 290 g/mol. The van der Waals surface area contributed by atoms with Crippen molar-refractivity contribution in [2.45, 2.75) is 11.8 Å². The number of benzene rings is 1. The van der Waals surface area contributed by atoms with Gasteiger partial charge in [0, 0.05) is 18.8 Å². The van der Waals surface area contributed by atoms with Gasteiger partial charge in [-0.05, 0) is 24.6 Å². The van der Waals surface area contributed by atoms with Crippen molar-refractivity contribution >= 4 is 15.7 Å². The van der Waals surface area contributed by atoms with E-state index < -0.39 is 10.0 Å². The Hall–Kier alpha value is -2.30. The van der Waals surface area contributed by atoms with Crippen molar-refractivity contribution in [3.05, 3.63) is 41.7 Å². The highest BCUT2D eigenvalue weighted by molar-refractivity contribution is 7.92. The molecule has 0 spiro atoms. The monoisotopic (exact) mass is 305 g/mol. The van der Waals surface area contributed by atoms with Gasteiger partial charge in [0.2, 0.25) is 0 Å². The van der Waals surface area contributed by atoms with Gasteiger partial charge in [-0.15, -0.1) is 0 Å². The van der Waals surface area contributed by atoms with Gasteiger partial charge in [0.05, 0.1) is 11.9 Å². The van der Waals surface area contributed by atoms with E-state index in [1.165, 1.54) is 17.1 Å². The second-order valence-electron chi connectivity index (χ2n) is 4.46. The van der Waals surface area contributed by atoms with Crippen molar-refractivity contribution in [3.63, 3.8) is 0 Å². The van der Waals surface area contributed by atoms with Crippen LogP contribution in [0, 0.1) is 18.8 Å². The van der Waals surface area contributed by atoms with Crippen molar-refractivity contribution in [1.82, 2.24) is 9.78 Å². The summed E-state index contributed by atoms with van der Waals surface area (Å²) in [5.41, 5.74) is 1.77. The third-order valence-corrected chi connectivity index (χ3v) is 4.03. The Morgan fingerprint density at radius 2 is 2.19 bits per heavy atom. The lowest BCUT2D eigenvalue weighted by Crippen LogP contribution is -2.13. The zero-order valence-electron chi connectivity index (χ0n) is 11.7. The molecule has 1 heterocycles. The second-order valence-corrected chi connectivity index (χ2v) is 6.15. The number of aromatic nitrogens is 2. The molecule has 7 heteroatoms. The number of sulfonamides is 1. The Balaban J connectivity index is 2.41. The number of aliphatic hydroxyl groups excluding tert-OH is 1. The van der Waals surface area contributed by atoms with Crippen LogP contribution in [0.1, 0.15) is 11.1 Å². The van der Waals surface area contributed by atoms with Gasteiger partial charge in [-0.1, -0.05) is 17.9 Å². The molecule has 0 amide bonds. The number of nitrogens with one attached hydrogen (secondary N) is 1. The minimum Gasteiger partial charge on any atom is -0.384 e. The first-order valence-corrected chi connectivity index (χ1v) is 7.62. The van der Waals surface area contributed by atoms with Crippen LogP contribution in [-0.2, 0) is 17.1 Å². The average molecular weight is 305 g/mol. The number of anilines is 1. The first kappa shape index (κ1) is 15.1. The molecule has 110 valence electrons. The van der Waals surface area contributed by atoms with Gasteiger partial charge in [0.1, 0.15) is 11.5 Å². The van der Waals surface area contributed by atoms with Crippen LogP contribution in [0.3, 0.4) is 0 Å². The fraction of sp³-hybridized carbons (Fsp3) is 0.214. The van der Waals surface area contributed by atoms with Crippen LogP contribution in [-0.4, -0.2) is 29.9 Å². The number of rotatable bonds is 3. The Labute approximate surface area is 123 Å². The van der Waals surface area contributed by atoms with E-state index in [1.807, 2.05) is 13.0 Å². The molecule has 0 aliphatic heterocycles. The van der Waals surface area contributed by atoms with E-state index in [-0.39, 0.29) is 11.5 Å². The molecule has 0 saturated carbocycles. The van der Waals surface area contributed by atoms with Crippen LogP contribution in [0.4, 0.5) is 5.69 Å². The van der Waals surface area contributed by atoms with Crippen LogP contribution in [0.25, 0.3) is 0 Å². The van der Waals surface area contributed by atoms with E-state index >= 15 is 0 Å². The second kappa shape index (κ2) is 5.99. The summed E-state index contributed by atoms with van der Waals surface area (Å²) in [6.07, 6.45) is 2.69. The fourth-order valence-electron chi connectivity index (χ4n) is 1.73. The summed E-state index contributed by atoms with van der Waals surface area (Å²) in [5.74, 6) is 5.23. The zero-order valence-corrected chi connectivity index (χ0v) is 12.5. The lowest BCUT2D eigenvalue weighted by atomic mass is 10.1. The molecule has 0 unspecified atom stereocenters. The van der Waals surface area contributed by atoms with Crippen LogP contribution >= 0.6 is 0 Å². The number of aliphatic hydroxyl groups is 1. The Morgan fingerprint density at radius 1 is 1.43 bits per heavy atom. The molecule has 0 atom stereocenters. The molecule has 2 aromatic rings. The summed E-state index contributed by atoms with van der Waals surface area (Å²) in [6, 6.07) is 5.22. The lowest BCUT2D eigenvalue weighted by molar-refractivity contribution is 0.350. The van der Waals surface area contributed by atoms with Gasteiger partial charge in [0.15, 0.2) is 0 Å². The summed E-state index contributed by atoms with van der Waals surface area (Å²) >= 11 is 0. The predicted molar refractivity (Wildman–Crippen MR) is 79.2 cm³/mol. The molecular formula is C14H15N3O3S. The van der Waals surface area contributed by atoms with Crippen molar-refractivity contribution in [3.8, 4) is 11.8 Å². The van der Waals surface area contributed by atoms with Crippen LogP contribution in [0.15, 0.2) is 35.5 Å². The van der Waals surface area contributed by atoms with E-state index in [4.69, 9.17) is 5.11 Å². The molecule has 0 bridgehead atoms. The third-order valence-electron chi connectivity index (χ3n) is 2.71. The van der Waals surface area contributed by atoms with Gasteiger partial charge < -0.3 is 5.11 Å². The quantitative estimate of drug-likeness (QED) is 0.824. The highest BCUT2D eigenvalue weighted by Gasteiger charge is 2.17. The maximum atomic E-state index is 12.3. The van der Waals surface area contributed by atoms with Gasteiger partial charge in [-0.3, -0.25) is 9.40 Å². The number of aryl methyl sites for hydroxylation is 2. The Kier molecular flexibility index (Phi) is 4.31. The predicted octanol–water partition coefficient (Wildman–Crippen LogP) is 0.873. The van der Waals surface area contributed by atoms with E-state index in [2.05, 4.69) is 21.7 Å². The van der Waals surface area contributed by atoms with E-state index in [0.29, 0.717) is 11.3 Å². The molecule has 21 heavy (non-hydrogen) atoms. The molecule has 2 N–H and O–H groups in total. The van der Waals surface area contributed by atoms with Gasteiger partial charge in [-0.25, -0.2) is 8.42 Å². The van der Waals surface area contributed by atoms with Gasteiger partial charge in [0.25, 0.3) is 10.0 Å². The minimum atomic E-state index is -3.72. The maximum Gasteiger partial charge on any atom is 0.265 e. The maximum absolute atomic E-state index is 12.3. The topological polar surface area (TPSA) is 84.2 Å². The molecule has 0 radical (unpaired) electrons. The van der Waals surface area contributed by atoms with Crippen molar-refractivity contribution in [2.75, 3.05) is 11.3 Å². The smallest absolute Gasteiger partial charge is 0.265 e. The normalized spacial score (nSPS) is 10.8. The molecule has 0 aliphatic carbocycles. The van der Waals surface area contributed by atoms with Crippen LogP contribution < -0.4 is 4.72 Å². The summed E-state index contributed by atoms with van der Waals surface area (Å²) in [4.78, 5) is 0.0765. The largest absolute Gasteiger partial charge is 0.384 e. The average Bonchev–Trinajstić information content (AvgIpc) is 2.85. The van der Waals surface area contributed by atoms with Crippen molar-refractivity contribution in [2.24, 2.45) is 7.05 Å². The Morgan fingerprint density at radius 3 is 2.81 bits per heavy atom. The minimum absolute atomic E-state index is 0.0765. The van der Waals surface area contributed by atoms with Crippen LogP contribution in [0.2, 0.25) is 0 Å². The summed E-state index contributed by atoms with van der Waals surface area (Å²) < 4.78 is 28.5. The summed E-state index contributed by atoms with van der Waals surface area (Å²) in [6.45, 7) is 1.56. The van der Waals surface area contributed by atoms with E-state index in [9.17, 15) is 8.42 Å². The molecule has 0 aliphatic rings. The zero-order chi connectivity index (χ0) is 15.5. The lowest BCUT2D eigenvalue weighted by Gasteiger charge is -2.09. The van der Waals surface area contributed by atoms with Crippen LogP contribution in [0.5, 0.6) is 0 Å². The molecule has 0 fully saturated rings.